The molecule has 0 radical (unpaired) electrons. The summed E-state index contributed by atoms with van der Waals surface area (Å²) in [6.45, 7) is 4.15. The Labute approximate surface area is 116 Å². The average Bonchev–Trinajstić information content (AvgIpc) is 2.88. The number of hydrogen-bond donors (Lipinski definition) is 1. The molecule has 1 atom stereocenters. The quantitative estimate of drug-likeness (QED) is 0.870. The first-order valence-corrected chi connectivity index (χ1v) is 7.04. The monoisotopic (exact) mass is 263 g/mol. The van der Waals surface area contributed by atoms with E-state index in [0.717, 1.165) is 24.0 Å². The molecule has 1 aliphatic heterocycles. The van der Waals surface area contributed by atoms with E-state index in [1.54, 1.807) is 0 Å². The van der Waals surface area contributed by atoms with Crippen molar-refractivity contribution in [2.75, 3.05) is 44.0 Å². The van der Waals surface area contributed by atoms with E-state index in [1.165, 1.54) is 25.8 Å². The highest BCUT2D eigenvalue weighted by Crippen LogP contribution is 2.18. The molecule has 1 unspecified atom stereocenters. The molecule has 1 fully saturated rings. The molecule has 2 heterocycles. The van der Waals surface area contributed by atoms with Crippen LogP contribution in [0.3, 0.4) is 0 Å². The van der Waals surface area contributed by atoms with Crippen molar-refractivity contribution in [3.8, 4) is 0 Å². The second kappa shape index (κ2) is 6.19. The molecule has 0 spiro atoms. The summed E-state index contributed by atoms with van der Waals surface area (Å²) in [7, 11) is 6.12. The van der Waals surface area contributed by atoms with Gasteiger partial charge in [0.2, 0.25) is 0 Å². The van der Waals surface area contributed by atoms with Crippen LogP contribution in [-0.2, 0) is 0 Å². The van der Waals surface area contributed by atoms with Gasteiger partial charge >= 0.3 is 0 Å². The predicted molar refractivity (Wildman–Crippen MR) is 80.0 cm³/mol. The van der Waals surface area contributed by atoms with E-state index in [4.69, 9.17) is 0 Å². The molecule has 1 aliphatic rings. The maximum absolute atomic E-state index is 4.53. The number of nitrogens with zero attached hydrogens (tertiary/aromatic N) is 4. The number of aryl methyl sites for hydroxylation is 1. The van der Waals surface area contributed by atoms with Crippen LogP contribution in [0, 0.1) is 6.92 Å². The first-order valence-electron chi connectivity index (χ1n) is 7.04. The number of aromatic nitrogens is 2. The Hall–Kier alpha value is -1.36. The molecule has 1 N–H and O–H groups in total. The molecule has 0 aliphatic carbocycles. The maximum Gasteiger partial charge on any atom is 0.134 e. The third kappa shape index (κ3) is 3.80. The highest BCUT2D eigenvalue weighted by atomic mass is 15.2. The lowest BCUT2D eigenvalue weighted by molar-refractivity contribution is 0.558. The van der Waals surface area contributed by atoms with Crippen LogP contribution in [0.2, 0.25) is 0 Å². The Morgan fingerprint density at radius 3 is 2.63 bits per heavy atom. The number of nitrogens with one attached hydrogen (secondary N) is 1. The smallest absolute Gasteiger partial charge is 0.134 e. The summed E-state index contributed by atoms with van der Waals surface area (Å²) in [6, 6.07) is 2.73. The summed E-state index contributed by atoms with van der Waals surface area (Å²) < 4.78 is 0. The maximum atomic E-state index is 4.53. The zero-order chi connectivity index (χ0) is 13.8. The standard InChI is InChI=1S/C14H25N5/c1-11-16-13(18(2)3)10-14(17-11)19(4)9-7-12-6-5-8-15-12/h10,12,15H,5-9H2,1-4H3. The fourth-order valence-electron chi connectivity index (χ4n) is 2.43. The normalized spacial score (nSPS) is 18.6. The van der Waals surface area contributed by atoms with Crippen LogP contribution in [0.25, 0.3) is 0 Å². The third-order valence-electron chi connectivity index (χ3n) is 3.64. The SMILES string of the molecule is Cc1nc(N(C)C)cc(N(C)CCC2CCCN2)n1. The lowest BCUT2D eigenvalue weighted by atomic mass is 10.1. The number of rotatable bonds is 5. The van der Waals surface area contributed by atoms with E-state index in [0.29, 0.717) is 6.04 Å². The van der Waals surface area contributed by atoms with Crippen LogP contribution in [0.15, 0.2) is 6.07 Å². The van der Waals surface area contributed by atoms with E-state index in [-0.39, 0.29) is 0 Å². The average molecular weight is 263 g/mol. The lowest BCUT2D eigenvalue weighted by Crippen LogP contribution is -2.29. The predicted octanol–water partition coefficient (Wildman–Crippen LogP) is 1.43. The molecule has 19 heavy (non-hydrogen) atoms. The zero-order valence-electron chi connectivity index (χ0n) is 12.5. The molecule has 106 valence electrons. The molecule has 1 aromatic rings. The van der Waals surface area contributed by atoms with Crippen molar-refractivity contribution in [3.63, 3.8) is 0 Å². The molecular formula is C14H25N5. The summed E-state index contributed by atoms with van der Waals surface area (Å²) in [6.07, 6.45) is 3.79. The summed E-state index contributed by atoms with van der Waals surface area (Å²) in [5.41, 5.74) is 0. The fraction of sp³-hybridized carbons (Fsp3) is 0.714. The molecule has 2 rings (SSSR count). The fourth-order valence-corrected chi connectivity index (χ4v) is 2.43. The van der Waals surface area contributed by atoms with Gasteiger partial charge in [0.25, 0.3) is 0 Å². The lowest BCUT2D eigenvalue weighted by Gasteiger charge is -2.22. The molecule has 0 bridgehead atoms. The van der Waals surface area contributed by atoms with Gasteiger partial charge in [0, 0.05) is 39.8 Å². The summed E-state index contributed by atoms with van der Waals surface area (Å²) in [4.78, 5) is 13.2. The molecule has 0 aromatic carbocycles. The molecular weight excluding hydrogens is 238 g/mol. The van der Waals surface area contributed by atoms with Gasteiger partial charge in [-0.1, -0.05) is 0 Å². The molecule has 5 nitrogen and oxygen atoms in total. The van der Waals surface area contributed by atoms with Crippen molar-refractivity contribution in [1.82, 2.24) is 15.3 Å². The first-order chi connectivity index (χ1) is 9.06. The minimum Gasteiger partial charge on any atom is -0.363 e. The summed E-state index contributed by atoms with van der Waals surface area (Å²) >= 11 is 0. The molecule has 1 saturated heterocycles. The van der Waals surface area contributed by atoms with Crippen LogP contribution in [0.5, 0.6) is 0 Å². The Kier molecular flexibility index (Phi) is 4.58. The van der Waals surface area contributed by atoms with Crippen molar-refractivity contribution in [2.45, 2.75) is 32.2 Å². The highest BCUT2D eigenvalue weighted by molar-refractivity contribution is 5.49. The Bertz CT molecular complexity index is 412. The zero-order valence-corrected chi connectivity index (χ0v) is 12.5. The van der Waals surface area contributed by atoms with Gasteiger partial charge in [-0.15, -0.1) is 0 Å². The second-order valence-electron chi connectivity index (χ2n) is 5.53. The van der Waals surface area contributed by atoms with Crippen molar-refractivity contribution < 1.29 is 0 Å². The Balaban J connectivity index is 1.99. The molecule has 5 heteroatoms. The van der Waals surface area contributed by atoms with E-state index < -0.39 is 0 Å². The minimum atomic E-state index is 0.679. The van der Waals surface area contributed by atoms with Gasteiger partial charge in [-0.05, 0) is 32.7 Å². The van der Waals surface area contributed by atoms with Crippen LogP contribution < -0.4 is 15.1 Å². The number of anilines is 2. The summed E-state index contributed by atoms with van der Waals surface area (Å²) in [5, 5.41) is 3.54. The molecule has 0 amide bonds. The second-order valence-corrected chi connectivity index (χ2v) is 5.53. The van der Waals surface area contributed by atoms with E-state index in [9.17, 15) is 0 Å². The van der Waals surface area contributed by atoms with Crippen molar-refractivity contribution >= 4 is 11.6 Å². The van der Waals surface area contributed by atoms with Gasteiger partial charge < -0.3 is 15.1 Å². The molecule has 1 aromatic heterocycles. The summed E-state index contributed by atoms with van der Waals surface area (Å²) in [5.74, 6) is 2.80. The van der Waals surface area contributed by atoms with Gasteiger partial charge in [-0.3, -0.25) is 0 Å². The van der Waals surface area contributed by atoms with E-state index in [2.05, 4.69) is 33.3 Å². The topological polar surface area (TPSA) is 44.3 Å². The van der Waals surface area contributed by atoms with Gasteiger partial charge in [0.05, 0.1) is 0 Å². The van der Waals surface area contributed by atoms with Crippen LogP contribution in [0.4, 0.5) is 11.6 Å². The van der Waals surface area contributed by atoms with E-state index in [1.807, 2.05) is 25.9 Å². The van der Waals surface area contributed by atoms with Gasteiger partial charge in [0.15, 0.2) is 0 Å². The van der Waals surface area contributed by atoms with Crippen LogP contribution in [0.1, 0.15) is 25.1 Å². The van der Waals surface area contributed by atoms with Crippen LogP contribution >= 0.6 is 0 Å². The first kappa shape index (κ1) is 14.1. The van der Waals surface area contributed by atoms with Crippen molar-refractivity contribution in [3.05, 3.63) is 11.9 Å². The van der Waals surface area contributed by atoms with Crippen molar-refractivity contribution in [2.24, 2.45) is 0 Å². The van der Waals surface area contributed by atoms with Gasteiger partial charge in [-0.25, -0.2) is 9.97 Å². The minimum absolute atomic E-state index is 0.679. The Morgan fingerprint density at radius 1 is 1.26 bits per heavy atom. The Morgan fingerprint density at radius 2 is 2.00 bits per heavy atom. The third-order valence-corrected chi connectivity index (χ3v) is 3.64. The highest BCUT2D eigenvalue weighted by Gasteiger charge is 2.15. The van der Waals surface area contributed by atoms with E-state index >= 15 is 0 Å². The largest absolute Gasteiger partial charge is 0.363 e. The van der Waals surface area contributed by atoms with Crippen LogP contribution in [-0.4, -0.2) is 50.2 Å². The molecule has 0 saturated carbocycles. The van der Waals surface area contributed by atoms with Gasteiger partial charge in [0.1, 0.15) is 17.5 Å². The van der Waals surface area contributed by atoms with Crippen molar-refractivity contribution in [1.29, 1.82) is 0 Å². The van der Waals surface area contributed by atoms with Gasteiger partial charge in [-0.2, -0.15) is 0 Å². The number of hydrogen-bond acceptors (Lipinski definition) is 5.